The first-order valence-electron chi connectivity index (χ1n) is 10.4. The van der Waals surface area contributed by atoms with Crippen LogP contribution < -0.4 is 5.32 Å². The molecule has 0 amide bonds. The topological polar surface area (TPSA) is 70.2 Å². The van der Waals surface area contributed by atoms with E-state index >= 15 is 0 Å². The minimum absolute atomic E-state index is 0.265. The third-order valence-corrected chi connectivity index (χ3v) is 6.29. The van der Waals surface area contributed by atoms with Crippen LogP contribution in [0.2, 0.25) is 0 Å². The van der Waals surface area contributed by atoms with Crippen LogP contribution in [0.1, 0.15) is 34.5 Å². The third-order valence-electron chi connectivity index (χ3n) is 6.29. The highest BCUT2D eigenvalue weighted by Crippen LogP contribution is 2.28. The van der Waals surface area contributed by atoms with Crippen molar-refractivity contribution >= 4 is 16.9 Å². The summed E-state index contributed by atoms with van der Waals surface area (Å²) in [5.41, 5.74) is 3.29. The molecular formula is C23H26N4O2. The molecular weight excluding hydrogens is 364 g/mol. The van der Waals surface area contributed by atoms with Gasteiger partial charge in [-0.3, -0.25) is 5.10 Å². The Kier molecular flexibility index (Phi) is 5.04. The molecule has 150 valence electrons. The average molecular weight is 390 g/mol. The average Bonchev–Trinajstić information content (AvgIpc) is 3.21. The van der Waals surface area contributed by atoms with Gasteiger partial charge in [0.05, 0.1) is 16.8 Å². The molecule has 0 spiro atoms. The molecule has 6 heteroatoms. The van der Waals surface area contributed by atoms with E-state index in [9.17, 15) is 4.79 Å². The Morgan fingerprint density at radius 2 is 1.97 bits per heavy atom. The monoisotopic (exact) mass is 390 g/mol. The Morgan fingerprint density at radius 3 is 2.72 bits per heavy atom. The standard InChI is InChI=1S/C23H26N4O2/c28-23(29-15-16-5-2-1-3-6-16)18-7-4-8-19-22(18)20(26-25-19)13-24-21-14-27-11-9-17(21)10-12-27/h1-8,17,21,24H,9-15H2,(H,25,26). The Balaban J connectivity index is 1.32. The minimum atomic E-state index is -0.315. The lowest BCUT2D eigenvalue weighted by Crippen LogP contribution is -2.55. The van der Waals surface area contributed by atoms with E-state index in [2.05, 4.69) is 20.4 Å². The fourth-order valence-electron chi connectivity index (χ4n) is 4.66. The quantitative estimate of drug-likeness (QED) is 0.633. The number of H-pyrrole nitrogens is 1. The Bertz CT molecular complexity index is 993. The number of aromatic nitrogens is 2. The van der Waals surface area contributed by atoms with E-state index < -0.39 is 0 Å². The summed E-state index contributed by atoms with van der Waals surface area (Å²) in [6, 6.07) is 15.9. The predicted octanol–water partition coefficient (Wildman–Crippen LogP) is 3.10. The van der Waals surface area contributed by atoms with Crippen molar-refractivity contribution in [2.24, 2.45) is 5.92 Å². The van der Waals surface area contributed by atoms with E-state index in [1.54, 1.807) is 0 Å². The second-order valence-corrected chi connectivity index (χ2v) is 8.09. The lowest BCUT2D eigenvalue weighted by molar-refractivity contribution is 0.0475. The van der Waals surface area contributed by atoms with Crippen molar-refractivity contribution in [2.75, 3.05) is 19.6 Å². The molecule has 6 rings (SSSR count). The number of rotatable bonds is 6. The maximum Gasteiger partial charge on any atom is 0.339 e. The molecule has 1 aromatic heterocycles. The number of piperidine rings is 3. The molecule has 0 aliphatic carbocycles. The summed E-state index contributed by atoms with van der Waals surface area (Å²) in [7, 11) is 0. The van der Waals surface area contributed by atoms with Gasteiger partial charge in [-0.05, 0) is 49.5 Å². The summed E-state index contributed by atoms with van der Waals surface area (Å²) in [6.07, 6.45) is 2.55. The number of aromatic amines is 1. The molecule has 3 aliphatic rings. The van der Waals surface area contributed by atoms with Gasteiger partial charge in [0.15, 0.2) is 0 Å². The second kappa shape index (κ2) is 7.97. The zero-order valence-electron chi connectivity index (χ0n) is 16.4. The van der Waals surface area contributed by atoms with E-state index in [1.165, 1.54) is 25.9 Å². The molecule has 2 aromatic carbocycles. The number of hydrogen-bond acceptors (Lipinski definition) is 5. The molecule has 3 saturated heterocycles. The normalized spacial score (nSPS) is 23.4. The maximum atomic E-state index is 12.8. The van der Waals surface area contributed by atoms with Gasteiger partial charge in [-0.15, -0.1) is 0 Å². The first-order chi connectivity index (χ1) is 14.3. The van der Waals surface area contributed by atoms with Gasteiger partial charge in [0.25, 0.3) is 0 Å². The van der Waals surface area contributed by atoms with Crippen molar-refractivity contribution in [2.45, 2.75) is 32.0 Å². The van der Waals surface area contributed by atoms with E-state index in [0.717, 1.165) is 34.6 Å². The summed E-state index contributed by atoms with van der Waals surface area (Å²) < 4.78 is 5.57. The van der Waals surface area contributed by atoms with Crippen molar-refractivity contribution in [1.82, 2.24) is 20.4 Å². The van der Waals surface area contributed by atoms with Gasteiger partial charge in [-0.1, -0.05) is 36.4 Å². The Morgan fingerprint density at radius 1 is 1.14 bits per heavy atom. The fraction of sp³-hybridized carbons (Fsp3) is 0.391. The van der Waals surface area contributed by atoms with Crippen LogP contribution in [0.3, 0.4) is 0 Å². The number of esters is 1. The van der Waals surface area contributed by atoms with Crippen LogP contribution in [0.15, 0.2) is 48.5 Å². The van der Waals surface area contributed by atoms with Gasteiger partial charge < -0.3 is 15.0 Å². The largest absolute Gasteiger partial charge is 0.457 e. The van der Waals surface area contributed by atoms with Crippen molar-refractivity contribution < 1.29 is 9.53 Å². The van der Waals surface area contributed by atoms with Crippen LogP contribution in [0.4, 0.5) is 0 Å². The first-order valence-corrected chi connectivity index (χ1v) is 10.4. The first kappa shape index (κ1) is 18.3. The summed E-state index contributed by atoms with van der Waals surface area (Å²) in [4.78, 5) is 15.3. The SMILES string of the molecule is O=C(OCc1ccccc1)c1cccc2n[nH]c(CNC3CN4CCC3CC4)c12. The van der Waals surface area contributed by atoms with E-state index in [0.29, 0.717) is 18.2 Å². The summed E-state index contributed by atoms with van der Waals surface area (Å²) in [6.45, 7) is 4.51. The number of carbonyl (C=O) groups excluding carboxylic acids is 1. The summed E-state index contributed by atoms with van der Waals surface area (Å²) >= 11 is 0. The third kappa shape index (κ3) is 3.78. The zero-order chi connectivity index (χ0) is 19.6. The maximum absolute atomic E-state index is 12.8. The van der Waals surface area contributed by atoms with E-state index in [-0.39, 0.29) is 12.6 Å². The van der Waals surface area contributed by atoms with Crippen molar-refractivity contribution in [3.63, 3.8) is 0 Å². The highest BCUT2D eigenvalue weighted by atomic mass is 16.5. The van der Waals surface area contributed by atoms with Crippen molar-refractivity contribution in [3.05, 3.63) is 65.4 Å². The number of benzene rings is 2. The lowest BCUT2D eigenvalue weighted by atomic mass is 9.84. The molecule has 3 fully saturated rings. The van der Waals surface area contributed by atoms with Crippen LogP contribution >= 0.6 is 0 Å². The minimum Gasteiger partial charge on any atom is -0.457 e. The predicted molar refractivity (Wildman–Crippen MR) is 111 cm³/mol. The van der Waals surface area contributed by atoms with Gasteiger partial charge in [0.2, 0.25) is 0 Å². The molecule has 4 heterocycles. The van der Waals surface area contributed by atoms with Gasteiger partial charge in [0.1, 0.15) is 6.61 Å². The summed E-state index contributed by atoms with van der Waals surface area (Å²) in [5.74, 6) is 0.439. The second-order valence-electron chi connectivity index (χ2n) is 8.09. The van der Waals surface area contributed by atoms with Crippen LogP contribution in [0.25, 0.3) is 10.9 Å². The number of hydrogen-bond donors (Lipinski definition) is 2. The van der Waals surface area contributed by atoms with Gasteiger partial charge in [-0.2, -0.15) is 5.10 Å². The highest BCUT2D eigenvalue weighted by molar-refractivity contribution is 6.04. The van der Waals surface area contributed by atoms with Gasteiger partial charge in [-0.25, -0.2) is 4.79 Å². The van der Waals surface area contributed by atoms with Crippen molar-refractivity contribution in [3.8, 4) is 0 Å². The highest BCUT2D eigenvalue weighted by Gasteiger charge is 2.33. The van der Waals surface area contributed by atoms with E-state index in [4.69, 9.17) is 4.74 Å². The number of nitrogens with one attached hydrogen (secondary N) is 2. The molecule has 29 heavy (non-hydrogen) atoms. The molecule has 2 N–H and O–H groups in total. The molecule has 3 aromatic rings. The van der Waals surface area contributed by atoms with Crippen LogP contribution in [0, 0.1) is 5.92 Å². The van der Waals surface area contributed by atoms with Crippen LogP contribution in [-0.4, -0.2) is 46.7 Å². The molecule has 2 bridgehead atoms. The Labute approximate surface area is 170 Å². The van der Waals surface area contributed by atoms with Crippen molar-refractivity contribution in [1.29, 1.82) is 0 Å². The number of nitrogens with zero attached hydrogens (tertiary/aromatic N) is 2. The number of fused-ring (bicyclic) bond motifs is 4. The van der Waals surface area contributed by atoms with Crippen LogP contribution in [-0.2, 0) is 17.9 Å². The molecule has 6 nitrogen and oxygen atoms in total. The smallest absolute Gasteiger partial charge is 0.339 e. The van der Waals surface area contributed by atoms with Gasteiger partial charge in [0, 0.05) is 24.5 Å². The summed E-state index contributed by atoms with van der Waals surface area (Å²) in [5, 5.41) is 12.1. The van der Waals surface area contributed by atoms with Gasteiger partial charge >= 0.3 is 5.97 Å². The fourth-order valence-corrected chi connectivity index (χ4v) is 4.66. The molecule has 1 unspecified atom stereocenters. The molecule has 0 radical (unpaired) electrons. The van der Waals surface area contributed by atoms with E-state index in [1.807, 2.05) is 48.5 Å². The lowest BCUT2D eigenvalue weighted by Gasteiger charge is -2.45. The Hall–Kier alpha value is -2.70. The molecule has 0 saturated carbocycles. The number of ether oxygens (including phenoxy) is 1. The number of carbonyl (C=O) groups is 1. The zero-order valence-corrected chi connectivity index (χ0v) is 16.4. The molecule has 1 atom stereocenters. The molecule has 3 aliphatic heterocycles. The van der Waals surface area contributed by atoms with Crippen LogP contribution in [0.5, 0.6) is 0 Å².